The summed E-state index contributed by atoms with van der Waals surface area (Å²) in [4.78, 5) is 17.1. The van der Waals surface area contributed by atoms with Crippen LogP contribution in [0.4, 0.5) is 0 Å². The maximum atomic E-state index is 12.4. The summed E-state index contributed by atoms with van der Waals surface area (Å²) in [7, 11) is 3.25. The second-order valence-electron chi connectivity index (χ2n) is 6.47. The quantitative estimate of drug-likeness (QED) is 0.460. The number of thiazole rings is 1. The van der Waals surface area contributed by atoms with Gasteiger partial charge in [-0.25, -0.2) is 4.98 Å². The molecule has 1 amide bonds. The van der Waals surface area contributed by atoms with Gasteiger partial charge < -0.3 is 14.8 Å². The fourth-order valence-corrected chi connectivity index (χ4v) is 4.69. The lowest BCUT2D eigenvalue weighted by atomic mass is 10.2. The average molecular weight is 463 g/mol. The first kappa shape index (κ1) is 22.5. The Morgan fingerprint density at radius 1 is 1.23 bits per heavy atom. The highest BCUT2D eigenvalue weighted by Crippen LogP contribution is 2.35. The second kappa shape index (κ2) is 10.7. The summed E-state index contributed by atoms with van der Waals surface area (Å²) in [5, 5.41) is 6.29. The number of halogens is 1. The SMILES string of the molecule is COc1ccc(-c2nc(CSC(C)C(=O)NCc3ccccc3Cl)cs2)c(OC)c1. The molecule has 5 nitrogen and oxygen atoms in total. The van der Waals surface area contributed by atoms with Crippen LogP contribution in [-0.4, -0.2) is 30.4 Å². The van der Waals surface area contributed by atoms with Crippen LogP contribution in [-0.2, 0) is 17.1 Å². The van der Waals surface area contributed by atoms with Crippen molar-refractivity contribution in [3.63, 3.8) is 0 Å². The Morgan fingerprint density at radius 2 is 2.03 bits per heavy atom. The van der Waals surface area contributed by atoms with Crippen molar-refractivity contribution in [2.75, 3.05) is 14.2 Å². The number of carbonyl (C=O) groups is 1. The van der Waals surface area contributed by atoms with Crippen LogP contribution in [0.25, 0.3) is 10.6 Å². The van der Waals surface area contributed by atoms with Crippen molar-refractivity contribution in [1.82, 2.24) is 10.3 Å². The van der Waals surface area contributed by atoms with Crippen molar-refractivity contribution < 1.29 is 14.3 Å². The van der Waals surface area contributed by atoms with Crippen LogP contribution in [0.5, 0.6) is 11.5 Å². The van der Waals surface area contributed by atoms with Gasteiger partial charge in [0.2, 0.25) is 5.91 Å². The van der Waals surface area contributed by atoms with E-state index in [9.17, 15) is 4.79 Å². The molecule has 0 bridgehead atoms. The van der Waals surface area contributed by atoms with Crippen LogP contribution in [0.15, 0.2) is 47.8 Å². The van der Waals surface area contributed by atoms with E-state index in [0.717, 1.165) is 33.3 Å². The van der Waals surface area contributed by atoms with E-state index < -0.39 is 0 Å². The van der Waals surface area contributed by atoms with Gasteiger partial charge in [0.25, 0.3) is 0 Å². The van der Waals surface area contributed by atoms with Crippen LogP contribution < -0.4 is 14.8 Å². The Hall–Kier alpha value is -2.22. The molecule has 0 aliphatic heterocycles. The number of carbonyl (C=O) groups excluding carboxylic acids is 1. The predicted molar refractivity (Wildman–Crippen MR) is 125 cm³/mol. The third-order valence-electron chi connectivity index (χ3n) is 4.45. The lowest BCUT2D eigenvalue weighted by molar-refractivity contribution is -0.120. The molecule has 0 fully saturated rings. The molecule has 3 rings (SSSR count). The number of hydrogen-bond donors (Lipinski definition) is 1. The zero-order valence-corrected chi connectivity index (χ0v) is 19.4. The molecule has 0 saturated heterocycles. The van der Waals surface area contributed by atoms with Gasteiger partial charge in [0, 0.05) is 28.8 Å². The zero-order valence-electron chi connectivity index (χ0n) is 17.0. The highest BCUT2D eigenvalue weighted by Gasteiger charge is 2.16. The Labute approximate surface area is 189 Å². The molecule has 0 aliphatic carbocycles. The first-order chi connectivity index (χ1) is 14.5. The highest BCUT2D eigenvalue weighted by atomic mass is 35.5. The Bertz CT molecular complexity index is 1010. The van der Waals surface area contributed by atoms with Crippen LogP contribution in [0.1, 0.15) is 18.2 Å². The summed E-state index contributed by atoms with van der Waals surface area (Å²) >= 11 is 9.24. The molecule has 30 heavy (non-hydrogen) atoms. The number of benzene rings is 2. The molecule has 1 aromatic heterocycles. The van der Waals surface area contributed by atoms with E-state index >= 15 is 0 Å². The van der Waals surface area contributed by atoms with Crippen LogP contribution in [0.3, 0.4) is 0 Å². The molecule has 0 aliphatic rings. The molecule has 1 N–H and O–H groups in total. The number of rotatable bonds is 9. The molecule has 1 unspecified atom stereocenters. The van der Waals surface area contributed by atoms with Crippen LogP contribution >= 0.6 is 34.7 Å². The number of nitrogens with one attached hydrogen (secondary N) is 1. The maximum Gasteiger partial charge on any atom is 0.233 e. The van der Waals surface area contributed by atoms with Crippen LogP contribution in [0.2, 0.25) is 5.02 Å². The van der Waals surface area contributed by atoms with Gasteiger partial charge in [-0.15, -0.1) is 23.1 Å². The largest absolute Gasteiger partial charge is 0.497 e. The van der Waals surface area contributed by atoms with Gasteiger partial charge in [0.15, 0.2) is 0 Å². The number of amides is 1. The van der Waals surface area contributed by atoms with Gasteiger partial charge in [0.05, 0.1) is 30.7 Å². The molecule has 1 heterocycles. The molecular formula is C22H23ClN2O3S2. The standard InChI is InChI=1S/C22H23ClN2O3S2/c1-14(21(26)24-11-15-6-4-5-7-19(15)23)29-12-16-13-30-22(25-16)18-9-8-17(27-2)10-20(18)28-3/h4-10,13-14H,11-12H2,1-3H3,(H,24,26). The summed E-state index contributed by atoms with van der Waals surface area (Å²) in [5.74, 6) is 2.08. The second-order valence-corrected chi connectivity index (χ2v) is 9.07. The van der Waals surface area contributed by atoms with Gasteiger partial charge in [-0.05, 0) is 30.7 Å². The Kier molecular flexibility index (Phi) is 8.01. The van der Waals surface area contributed by atoms with E-state index in [2.05, 4.69) is 5.32 Å². The number of thioether (sulfide) groups is 1. The normalized spacial score (nSPS) is 11.7. The average Bonchev–Trinajstić information content (AvgIpc) is 3.25. The summed E-state index contributed by atoms with van der Waals surface area (Å²) in [5.41, 5.74) is 2.76. The van der Waals surface area contributed by atoms with Crippen molar-refractivity contribution >= 4 is 40.6 Å². The summed E-state index contributed by atoms with van der Waals surface area (Å²) in [6, 6.07) is 13.2. The van der Waals surface area contributed by atoms with E-state index in [-0.39, 0.29) is 11.2 Å². The third-order valence-corrected chi connectivity index (χ3v) is 6.92. The first-order valence-corrected chi connectivity index (χ1v) is 11.6. The van der Waals surface area contributed by atoms with Gasteiger partial charge in [0.1, 0.15) is 16.5 Å². The highest BCUT2D eigenvalue weighted by molar-refractivity contribution is 7.99. The molecule has 0 saturated carbocycles. The predicted octanol–water partition coefficient (Wildman–Crippen LogP) is 5.42. The number of nitrogens with zero attached hydrogens (tertiary/aromatic N) is 1. The van der Waals surface area contributed by atoms with E-state index in [1.807, 2.05) is 54.8 Å². The van der Waals surface area contributed by atoms with E-state index in [4.69, 9.17) is 26.1 Å². The minimum Gasteiger partial charge on any atom is -0.497 e. The molecule has 8 heteroatoms. The molecule has 2 aromatic carbocycles. The summed E-state index contributed by atoms with van der Waals surface area (Å²) in [6.45, 7) is 2.31. The molecular weight excluding hydrogens is 440 g/mol. The molecule has 3 aromatic rings. The fourth-order valence-electron chi connectivity index (χ4n) is 2.73. The first-order valence-electron chi connectivity index (χ1n) is 9.31. The van der Waals surface area contributed by atoms with Gasteiger partial charge in [-0.3, -0.25) is 4.79 Å². The van der Waals surface area contributed by atoms with Crippen LogP contribution in [0, 0.1) is 0 Å². The van der Waals surface area contributed by atoms with E-state index in [1.165, 1.54) is 0 Å². The summed E-state index contributed by atoms with van der Waals surface area (Å²) in [6.07, 6.45) is 0. The third kappa shape index (κ3) is 5.68. The number of hydrogen-bond acceptors (Lipinski definition) is 6. The van der Waals surface area contributed by atoms with Crippen molar-refractivity contribution in [3.05, 3.63) is 64.1 Å². The Morgan fingerprint density at radius 3 is 2.77 bits per heavy atom. The van der Waals surface area contributed by atoms with Crippen molar-refractivity contribution in [2.24, 2.45) is 0 Å². The molecule has 0 radical (unpaired) electrons. The monoisotopic (exact) mass is 462 g/mol. The van der Waals surface area contributed by atoms with Crippen molar-refractivity contribution in [3.8, 4) is 22.1 Å². The summed E-state index contributed by atoms with van der Waals surface area (Å²) < 4.78 is 10.7. The molecule has 0 spiro atoms. The Balaban J connectivity index is 1.56. The zero-order chi connectivity index (χ0) is 21.5. The lowest BCUT2D eigenvalue weighted by Crippen LogP contribution is -2.30. The fraction of sp³-hybridized carbons (Fsp3) is 0.273. The smallest absolute Gasteiger partial charge is 0.233 e. The molecule has 158 valence electrons. The minimum atomic E-state index is -0.201. The minimum absolute atomic E-state index is 0.0211. The van der Waals surface area contributed by atoms with Gasteiger partial charge >= 0.3 is 0 Å². The van der Waals surface area contributed by atoms with E-state index in [1.54, 1.807) is 37.3 Å². The maximum absolute atomic E-state index is 12.4. The number of methoxy groups -OCH3 is 2. The van der Waals surface area contributed by atoms with Gasteiger partial charge in [-0.1, -0.05) is 29.8 Å². The van der Waals surface area contributed by atoms with Crippen molar-refractivity contribution in [1.29, 1.82) is 0 Å². The topological polar surface area (TPSA) is 60.5 Å². The van der Waals surface area contributed by atoms with Gasteiger partial charge in [-0.2, -0.15) is 0 Å². The lowest BCUT2D eigenvalue weighted by Gasteiger charge is -2.12. The number of aromatic nitrogens is 1. The van der Waals surface area contributed by atoms with E-state index in [0.29, 0.717) is 17.3 Å². The van der Waals surface area contributed by atoms with Crippen molar-refractivity contribution in [2.45, 2.75) is 24.5 Å². The molecule has 1 atom stereocenters. The number of ether oxygens (including phenoxy) is 2.